The van der Waals surface area contributed by atoms with Crippen LogP contribution in [0.5, 0.6) is 5.75 Å². The van der Waals surface area contributed by atoms with E-state index >= 15 is 0 Å². The third-order valence-corrected chi connectivity index (χ3v) is 5.01. The zero-order chi connectivity index (χ0) is 16.9. The summed E-state index contributed by atoms with van der Waals surface area (Å²) >= 11 is 1.38. The van der Waals surface area contributed by atoms with Gasteiger partial charge in [-0.25, -0.2) is 4.79 Å². The first kappa shape index (κ1) is 16.7. The molecular formula is C17H20N2O4S. The van der Waals surface area contributed by atoms with Gasteiger partial charge in [-0.3, -0.25) is 4.79 Å². The fourth-order valence-electron chi connectivity index (χ4n) is 2.81. The molecule has 1 fully saturated rings. The summed E-state index contributed by atoms with van der Waals surface area (Å²) in [6.45, 7) is 2.93. The number of anilines is 1. The number of ether oxygens (including phenoxy) is 2. The Morgan fingerprint density at radius 3 is 3.04 bits per heavy atom. The van der Waals surface area contributed by atoms with Crippen molar-refractivity contribution in [3.8, 4) is 5.75 Å². The highest BCUT2D eigenvalue weighted by atomic mass is 32.2. The first-order valence-corrected chi connectivity index (χ1v) is 8.87. The highest BCUT2D eigenvalue weighted by Gasteiger charge is 2.27. The molecule has 2 heterocycles. The van der Waals surface area contributed by atoms with Gasteiger partial charge in [0.15, 0.2) is 0 Å². The molecule has 128 valence electrons. The zero-order valence-corrected chi connectivity index (χ0v) is 14.4. The van der Waals surface area contributed by atoms with Crippen molar-refractivity contribution in [2.45, 2.75) is 6.42 Å². The molecule has 24 heavy (non-hydrogen) atoms. The number of amides is 1. The van der Waals surface area contributed by atoms with Crippen LogP contribution >= 0.6 is 11.8 Å². The van der Waals surface area contributed by atoms with Crippen molar-refractivity contribution in [2.75, 3.05) is 44.0 Å². The summed E-state index contributed by atoms with van der Waals surface area (Å²) in [7, 11) is 1.33. The van der Waals surface area contributed by atoms with Crippen LogP contribution in [0.25, 0.3) is 0 Å². The van der Waals surface area contributed by atoms with Crippen LogP contribution in [0.2, 0.25) is 0 Å². The van der Waals surface area contributed by atoms with Crippen LogP contribution in [0.4, 0.5) is 5.69 Å². The van der Waals surface area contributed by atoms with Crippen molar-refractivity contribution in [3.63, 3.8) is 0 Å². The Labute approximate surface area is 145 Å². The van der Waals surface area contributed by atoms with Gasteiger partial charge in [-0.15, -0.1) is 0 Å². The number of esters is 1. The molecule has 1 aromatic carbocycles. The van der Waals surface area contributed by atoms with Gasteiger partial charge in [0.05, 0.1) is 36.2 Å². The molecule has 0 aromatic heterocycles. The van der Waals surface area contributed by atoms with E-state index in [1.54, 1.807) is 4.90 Å². The van der Waals surface area contributed by atoms with E-state index in [4.69, 9.17) is 4.74 Å². The van der Waals surface area contributed by atoms with Gasteiger partial charge in [0, 0.05) is 13.1 Å². The van der Waals surface area contributed by atoms with Crippen LogP contribution < -0.4 is 9.64 Å². The van der Waals surface area contributed by atoms with Gasteiger partial charge in [0.2, 0.25) is 5.91 Å². The number of para-hydroxylation sites is 2. The number of hydrogen-bond donors (Lipinski definition) is 0. The molecule has 0 atom stereocenters. The highest BCUT2D eigenvalue weighted by Crippen LogP contribution is 2.32. The minimum absolute atomic E-state index is 0.0394. The van der Waals surface area contributed by atoms with Crippen LogP contribution in [0.3, 0.4) is 0 Å². The Balaban J connectivity index is 1.59. The number of nitrogens with zero attached hydrogens (tertiary/aromatic N) is 2. The summed E-state index contributed by atoms with van der Waals surface area (Å²) in [6.07, 6.45) is 2.21. The lowest BCUT2D eigenvalue weighted by molar-refractivity contribution is -0.134. The lowest BCUT2D eigenvalue weighted by Crippen LogP contribution is -2.35. The summed E-state index contributed by atoms with van der Waals surface area (Å²) in [6, 6.07) is 7.98. The monoisotopic (exact) mass is 348 g/mol. The quantitative estimate of drug-likeness (QED) is 0.598. The van der Waals surface area contributed by atoms with Crippen LogP contribution in [0.1, 0.15) is 6.42 Å². The summed E-state index contributed by atoms with van der Waals surface area (Å²) in [5.41, 5.74) is 1.09. The standard InChI is InChI=1S/C17H20N2O4S/c1-22-17(21)11-16-19(15(20)12-24-16)8-4-7-18-9-10-23-14-6-3-2-5-13(14)18/h2-3,5-6,11H,4,7-10,12H2,1H3. The second-order valence-electron chi connectivity index (χ2n) is 5.50. The summed E-state index contributed by atoms with van der Waals surface area (Å²) in [5.74, 6) is 0.892. The Morgan fingerprint density at radius 2 is 2.21 bits per heavy atom. The van der Waals surface area contributed by atoms with E-state index in [1.165, 1.54) is 24.9 Å². The Morgan fingerprint density at radius 1 is 1.38 bits per heavy atom. The third-order valence-electron chi connectivity index (χ3n) is 3.99. The number of rotatable bonds is 5. The molecule has 7 heteroatoms. The van der Waals surface area contributed by atoms with Crippen molar-refractivity contribution in [2.24, 2.45) is 0 Å². The van der Waals surface area contributed by atoms with Crippen LogP contribution in [0.15, 0.2) is 35.4 Å². The van der Waals surface area contributed by atoms with E-state index in [0.29, 0.717) is 23.9 Å². The average Bonchev–Trinajstić information content (AvgIpc) is 2.95. The smallest absolute Gasteiger partial charge is 0.333 e. The number of carbonyl (C=O) groups excluding carboxylic acids is 2. The maximum atomic E-state index is 12.0. The molecule has 6 nitrogen and oxygen atoms in total. The van der Waals surface area contributed by atoms with Gasteiger partial charge in [0.25, 0.3) is 0 Å². The van der Waals surface area contributed by atoms with Gasteiger partial charge >= 0.3 is 5.97 Å². The average molecular weight is 348 g/mol. The number of benzene rings is 1. The number of thioether (sulfide) groups is 1. The number of carbonyl (C=O) groups is 2. The van der Waals surface area contributed by atoms with Gasteiger partial charge < -0.3 is 19.3 Å². The van der Waals surface area contributed by atoms with Crippen molar-refractivity contribution in [1.82, 2.24) is 4.90 Å². The molecule has 0 unspecified atom stereocenters. The number of hydrogen-bond acceptors (Lipinski definition) is 6. The molecule has 0 spiro atoms. The topological polar surface area (TPSA) is 59.1 Å². The Hall–Kier alpha value is -2.15. The number of methoxy groups -OCH3 is 1. The maximum Gasteiger partial charge on any atom is 0.333 e. The largest absolute Gasteiger partial charge is 0.490 e. The van der Waals surface area contributed by atoms with Gasteiger partial charge in [-0.2, -0.15) is 0 Å². The second-order valence-corrected chi connectivity index (χ2v) is 6.49. The molecule has 0 radical (unpaired) electrons. The molecule has 1 saturated heterocycles. The second kappa shape index (κ2) is 7.61. The van der Waals surface area contributed by atoms with E-state index in [-0.39, 0.29) is 5.91 Å². The lowest BCUT2D eigenvalue weighted by atomic mass is 10.2. The SMILES string of the molecule is COC(=O)C=C1SCC(=O)N1CCCN1CCOc2ccccc21. The first-order valence-electron chi connectivity index (χ1n) is 7.88. The maximum absolute atomic E-state index is 12.0. The minimum atomic E-state index is -0.431. The van der Waals surface area contributed by atoms with Crippen LogP contribution in [-0.2, 0) is 14.3 Å². The van der Waals surface area contributed by atoms with Crippen molar-refractivity contribution < 1.29 is 19.1 Å². The van der Waals surface area contributed by atoms with E-state index in [0.717, 1.165) is 30.9 Å². The van der Waals surface area contributed by atoms with E-state index in [2.05, 4.69) is 9.64 Å². The molecular weight excluding hydrogens is 328 g/mol. The predicted molar refractivity (Wildman–Crippen MR) is 93.0 cm³/mol. The molecule has 0 saturated carbocycles. The fourth-order valence-corrected chi connectivity index (χ4v) is 3.76. The van der Waals surface area contributed by atoms with Crippen molar-refractivity contribution >= 4 is 29.3 Å². The van der Waals surface area contributed by atoms with E-state index in [9.17, 15) is 9.59 Å². The van der Waals surface area contributed by atoms with Crippen molar-refractivity contribution in [1.29, 1.82) is 0 Å². The normalized spacial score (nSPS) is 18.5. The lowest BCUT2D eigenvalue weighted by Gasteiger charge is -2.31. The van der Waals surface area contributed by atoms with Crippen LogP contribution in [0, 0.1) is 0 Å². The zero-order valence-electron chi connectivity index (χ0n) is 13.6. The highest BCUT2D eigenvalue weighted by molar-refractivity contribution is 8.04. The molecule has 0 bridgehead atoms. The van der Waals surface area contributed by atoms with E-state index in [1.807, 2.05) is 24.3 Å². The van der Waals surface area contributed by atoms with E-state index < -0.39 is 5.97 Å². The summed E-state index contributed by atoms with van der Waals surface area (Å²) < 4.78 is 10.3. The van der Waals surface area contributed by atoms with Gasteiger partial charge in [0.1, 0.15) is 12.4 Å². The third kappa shape index (κ3) is 3.67. The summed E-state index contributed by atoms with van der Waals surface area (Å²) in [4.78, 5) is 27.4. The number of fused-ring (bicyclic) bond motifs is 1. The molecule has 2 aliphatic rings. The molecule has 1 amide bonds. The van der Waals surface area contributed by atoms with Gasteiger partial charge in [-0.1, -0.05) is 23.9 Å². The van der Waals surface area contributed by atoms with Crippen LogP contribution in [-0.4, -0.2) is 55.9 Å². The first-order chi connectivity index (χ1) is 11.7. The summed E-state index contributed by atoms with van der Waals surface area (Å²) in [5, 5.41) is 0.675. The van der Waals surface area contributed by atoms with Gasteiger partial charge in [-0.05, 0) is 18.6 Å². The molecule has 1 aromatic rings. The molecule has 0 aliphatic carbocycles. The van der Waals surface area contributed by atoms with Crippen molar-refractivity contribution in [3.05, 3.63) is 35.4 Å². The molecule has 0 N–H and O–H groups in total. The fraction of sp³-hybridized carbons (Fsp3) is 0.412. The molecule has 3 rings (SSSR count). The molecule has 2 aliphatic heterocycles. The Kier molecular flexibility index (Phi) is 5.30. The predicted octanol–water partition coefficient (Wildman–Crippen LogP) is 1.87. The Bertz CT molecular complexity index is 662. The minimum Gasteiger partial charge on any atom is -0.490 e.